The van der Waals surface area contributed by atoms with Crippen LogP contribution in [0, 0.1) is 13.8 Å². The zero-order chi connectivity index (χ0) is 13.8. The molecule has 0 radical (unpaired) electrons. The van der Waals surface area contributed by atoms with E-state index in [2.05, 4.69) is 19.1 Å². The molecule has 2 aromatic carbocycles. The molecule has 0 fully saturated rings. The van der Waals surface area contributed by atoms with Gasteiger partial charge >= 0.3 is 0 Å². The Labute approximate surface area is 119 Å². The van der Waals surface area contributed by atoms with Crippen molar-refractivity contribution in [2.45, 2.75) is 20.0 Å². The maximum absolute atomic E-state index is 6.00. The van der Waals surface area contributed by atoms with Gasteiger partial charge < -0.3 is 10.5 Å². The van der Waals surface area contributed by atoms with Gasteiger partial charge in [-0.15, -0.1) is 0 Å². The lowest BCUT2D eigenvalue weighted by molar-refractivity contribution is 0.213. The van der Waals surface area contributed by atoms with Crippen molar-refractivity contribution in [3.8, 4) is 5.75 Å². The highest BCUT2D eigenvalue weighted by atomic mass is 35.5. The summed E-state index contributed by atoms with van der Waals surface area (Å²) in [6, 6.07) is 13.8. The van der Waals surface area contributed by atoms with Crippen molar-refractivity contribution in [1.82, 2.24) is 0 Å². The Morgan fingerprint density at radius 1 is 1.11 bits per heavy atom. The number of ether oxygens (including phenoxy) is 1. The molecule has 0 saturated carbocycles. The number of hydrogen-bond acceptors (Lipinski definition) is 2. The van der Waals surface area contributed by atoms with Gasteiger partial charge in [0.2, 0.25) is 0 Å². The molecule has 0 saturated heterocycles. The molecule has 2 aromatic rings. The van der Waals surface area contributed by atoms with E-state index in [1.807, 2.05) is 37.3 Å². The maximum atomic E-state index is 6.00. The summed E-state index contributed by atoms with van der Waals surface area (Å²) >= 11 is 6.00. The van der Waals surface area contributed by atoms with E-state index >= 15 is 0 Å². The fourth-order valence-corrected chi connectivity index (χ4v) is 2.05. The first kappa shape index (κ1) is 13.9. The Hall–Kier alpha value is -1.51. The van der Waals surface area contributed by atoms with E-state index in [1.165, 1.54) is 5.56 Å². The summed E-state index contributed by atoms with van der Waals surface area (Å²) in [5.74, 6) is 0.781. The normalized spacial score (nSPS) is 12.2. The quantitative estimate of drug-likeness (QED) is 0.914. The average molecular weight is 276 g/mol. The van der Waals surface area contributed by atoms with Crippen LogP contribution in [-0.2, 0) is 0 Å². The van der Waals surface area contributed by atoms with Gasteiger partial charge in [-0.1, -0.05) is 47.5 Å². The number of aryl methyl sites for hydroxylation is 2. The topological polar surface area (TPSA) is 35.2 Å². The molecule has 3 heteroatoms. The van der Waals surface area contributed by atoms with E-state index in [0.717, 1.165) is 16.9 Å². The molecule has 1 unspecified atom stereocenters. The smallest absolute Gasteiger partial charge is 0.136 e. The van der Waals surface area contributed by atoms with Crippen LogP contribution in [0.3, 0.4) is 0 Å². The molecule has 2 N–H and O–H groups in total. The number of nitrogens with two attached hydrogens (primary N) is 1. The lowest BCUT2D eigenvalue weighted by Crippen LogP contribution is -2.18. The lowest BCUT2D eigenvalue weighted by atomic mass is 10.1. The van der Waals surface area contributed by atoms with Crippen LogP contribution in [0.15, 0.2) is 42.5 Å². The Kier molecular flexibility index (Phi) is 4.46. The van der Waals surface area contributed by atoms with Crippen molar-refractivity contribution in [1.29, 1.82) is 0 Å². The van der Waals surface area contributed by atoms with E-state index in [1.54, 1.807) is 0 Å². The Balaban J connectivity index is 2.23. The first-order valence-electron chi connectivity index (χ1n) is 6.29. The van der Waals surface area contributed by atoms with Crippen LogP contribution in [-0.4, -0.2) is 6.54 Å². The maximum Gasteiger partial charge on any atom is 0.136 e. The molecule has 19 heavy (non-hydrogen) atoms. The number of benzene rings is 2. The predicted octanol–water partition coefficient (Wildman–Crippen LogP) is 4.04. The van der Waals surface area contributed by atoms with Crippen molar-refractivity contribution < 1.29 is 4.74 Å². The van der Waals surface area contributed by atoms with Crippen molar-refractivity contribution in [3.63, 3.8) is 0 Å². The van der Waals surface area contributed by atoms with Crippen molar-refractivity contribution in [3.05, 3.63) is 64.2 Å². The summed E-state index contributed by atoms with van der Waals surface area (Å²) in [6.45, 7) is 4.48. The molecule has 0 amide bonds. The second-order valence-electron chi connectivity index (χ2n) is 4.66. The van der Waals surface area contributed by atoms with Gasteiger partial charge in [-0.25, -0.2) is 0 Å². The second kappa shape index (κ2) is 6.09. The van der Waals surface area contributed by atoms with Gasteiger partial charge in [-0.05, 0) is 37.1 Å². The summed E-state index contributed by atoms with van der Waals surface area (Å²) in [7, 11) is 0. The second-order valence-corrected chi connectivity index (χ2v) is 5.10. The molecule has 0 heterocycles. The number of halogens is 1. The van der Waals surface area contributed by atoms with Gasteiger partial charge in [0.05, 0.1) is 0 Å². The van der Waals surface area contributed by atoms with Gasteiger partial charge in [0.15, 0.2) is 0 Å². The minimum Gasteiger partial charge on any atom is -0.484 e. The van der Waals surface area contributed by atoms with Gasteiger partial charge in [0.25, 0.3) is 0 Å². The first-order chi connectivity index (χ1) is 9.10. The minimum absolute atomic E-state index is 0.155. The third-order valence-corrected chi connectivity index (χ3v) is 3.32. The van der Waals surface area contributed by atoms with E-state index in [-0.39, 0.29) is 6.10 Å². The van der Waals surface area contributed by atoms with Crippen LogP contribution in [0.4, 0.5) is 0 Å². The van der Waals surface area contributed by atoms with Crippen LogP contribution in [0.1, 0.15) is 22.8 Å². The van der Waals surface area contributed by atoms with Gasteiger partial charge in [-0.2, -0.15) is 0 Å². The Bertz CT molecular complexity index is 551. The van der Waals surface area contributed by atoms with Crippen LogP contribution >= 0.6 is 11.6 Å². The van der Waals surface area contributed by atoms with E-state index in [4.69, 9.17) is 22.1 Å². The molecule has 1 atom stereocenters. The van der Waals surface area contributed by atoms with Gasteiger partial charge in [0, 0.05) is 11.6 Å². The predicted molar refractivity (Wildman–Crippen MR) is 79.8 cm³/mol. The molecule has 0 aliphatic heterocycles. The first-order valence-corrected chi connectivity index (χ1v) is 6.67. The fourth-order valence-electron chi connectivity index (χ4n) is 1.89. The molecular formula is C16H18ClNO. The van der Waals surface area contributed by atoms with Crippen LogP contribution in [0.25, 0.3) is 0 Å². The zero-order valence-electron chi connectivity index (χ0n) is 11.2. The SMILES string of the molecule is Cc1ccc(C(CN)Oc2cc(Cl)ccc2C)cc1. The molecular weight excluding hydrogens is 258 g/mol. The molecule has 0 spiro atoms. The van der Waals surface area contributed by atoms with Crippen molar-refractivity contribution in [2.24, 2.45) is 5.73 Å². The molecule has 0 aliphatic carbocycles. The lowest BCUT2D eigenvalue weighted by Gasteiger charge is -2.19. The summed E-state index contributed by atoms with van der Waals surface area (Å²) in [5.41, 5.74) is 9.17. The van der Waals surface area contributed by atoms with E-state index in [0.29, 0.717) is 11.6 Å². The van der Waals surface area contributed by atoms with Crippen molar-refractivity contribution >= 4 is 11.6 Å². The molecule has 0 aromatic heterocycles. The third kappa shape index (κ3) is 3.49. The Morgan fingerprint density at radius 3 is 2.42 bits per heavy atom. The van der Waals surface area contributed by atoms with Crippen molar-refractivity contribution in [2.75, 3.05) is 6.54 Å². The fraction of sp³-hybridized carbons (Fsp3) is 0.250. The minimum atomic E-state index is -0.155. The summed E-state index contributed by atoms with van der Waals surface area (Å²) in [5, 5.41) is 0.667. The van der Waals surface area contributed by atoms with Crippen LogP contribution in [0.5, 0.6) is 5.75 Å². The van der Waals surface area contributed by atoms with E-state index < -0.39 is 0 Å². The zero-order valence-corrected chi connectivity index (χ0v) is 11.9. The molecule has 2 nitrogen and oxygen atoms in total. The van der Waals surface area contributed by atoms with Gasteiger partial charge in [0.1, 0.15) is 11.9 Å². The summed E-state index contributed by atoms with van der Waals surface area (Å²) in [6.07, 6.45) is -0.155. The largest absolute Gasteiger partial charge is 0.484 e. The highest BCUT2D eigenvalue weighted by Crippen LogP contribution is 2.27. The highest BCUT2D eigenvalue weighted by molar-refractivity contribution is 6.30. The third-order valence-electron chi connectivity index (χ3n) is 3.08. The van der Waals surface area contributed by atoms with Crippen LogP contribution < -0.4 is 10.5 Å². The van der Waals surface area contributed by atoms with Crippen LogP contribution in [0.2, 0.25) is 5.02 Å². The van der Waals surface area contributed by atoms with Gasteiger partial charge in [-0.3, -0.25) is 0 Å². The number of hydrogen-bond donors (Lipinski definition) is 1. The molecule has 0 aliphatic rings. The highest BCUT2D eigenvalue weighted by Gasteiger charge is 2.13. The van der Waals surface area contributed by atoms with E-state index in [9.17, 15) is 0 Å². The molecule has 0 bridgehead atoms. The average Bonchev–Trinajstić information content (AvgIpc) is 2.41. The monoisotopic (exact) mass is 275 g/mol. The molecule has 2 rings (SSSR count). The summed E-state index contributed by atoms with van der Waals surface area (Å²) in [4.78, 5) is 0. The number of rotatable bonds is 4. The summed E-state index contributed by atoms with van der Waals surface area (Å²) < 4.78 is 5.99. The molecule has 100 valence electrons. The Morgan fingerprint density at radius 2 is 1.79 bits per heavy atom. The standard InChI is InChI=1S/C16H18ClNO/c1-11-3-6-13(7-4-11)16(10-18)19-15-9-14(17)8-5-12(15)2/h3-9,16H,10,18H2,1-2H3.